The van der Waals surface area contributed by atoms with Gasteiger partial charge in [0.1, 0.15) is 11.5 Å². The van der Waals surface area contributed by atoms with Crippen LogP contribution in [0.5, 0.6) is 0 Å². The molecule has 0 atom stereocenters. The predicted molar refractivity (Wildman–Crippen MR) is 94.6 cm³/mol. The number of pyridine rings is 2. The van der Waals surface area contributed by atoms with Gasteiger partial charge in [0, 0.05) is 23.5 Å². The van der Waals surface area contributed by atoms with Crippen LogP contribution >= 0.6 is 0 Å². The van der Waals surface area contributed by atoms with Crippen LogP contribution in [0.25, 0.3) is 21.8 Å². The summed E-state index contributed by atoms with van der Waals surface area (Å²) in [4.78, 5) is 21.1. The van der Waals surface area contributed by atoms with Crippen LogP contribution in [0.3, 0.4) is 0 Å². The Morgan fingerprint density at radius 2 is 1.76 bits per heavy atom. The molecule has 0 aliphatic carbocycles. The van der Waals surface area contributed by atoms with Gasteiger partial charge in [-0.2, -0.15) is 0 Å². The smallest absolute Gasteiger partial charge is 0.270 e. The number of carbonyl (C=O) groups is 1. The van der Waals surface area contributed by atoms with E-state index in [9.17, 15) is 9.18 Å². The molecule has 2 aromatic carbocycles. The van der Waals surface area contributed by atoms with Crippen molar-refractivity contribution in [3.05, 3.63) is 83.9 Å². The molecule has 0 fully saturated rings. The van der Waals surface area contributed by atoms with Crippen LogP contribution in [-0.4, -0.2) is 15.9 Å². The van der Waals surface area contributed by atoms with Crippen molar-refractivity contribution in [2.75, 3.05) is 0 Å². The second-order valence-corrected chi connectivity index (χ2v) is 5.75. The molecule has 0 radical (unpaired) electrons. The van der Waals surface area contributed by atoms with Crippen molar-refractivity contribution in [3.8, 4) is 0 Å². The Bertz CT molecular complexity index is 1080. The lowest BCUT2D eigenvalue weighted by molar-refractivity contribution is 0.0946. The van der Waals surface area contributed by atoms with E-state index in [1.165, 1.54) is 12.1 Å². The van der Waals surface area contributed by atoms with Gasteiger partial charge < -0.3 is 5.32 Å². The van der Waals surface area contributed by atoms with Gasteiger partial charge in [-0.05, 0) is 42.0 Å². The Morgan fingerprint density at radius 1 is 0.960 bits per heavy atom. The Hall–Kier alpha value is -3.34. The fraction of sp³-hybridized carbons (Fsp3) is 0.0500. The number of halogens is 1. The van der Waals surface area contributed by atoms with E-state index in [0.29, 0.717) is 12.2 Å². The minimum Gasteiger partial charge on any atom is -0.347 e. The number of hydrogen-bond acceptors (Lipinski definition) is 3. The van der Waals surface area contributed by atoms with Gasteiger partial charge in [-0.3, -0.25) is 9.78 Å². The Morgan fingerprint density at radius 3 is 2.60 bits per heavy atom. The number of amides is 1. The Balaban J connectivity index is 1.58. The van der Waals surface area contributed by atoms with Crippen molar-refractivity contribution in [1.29, 1.82) is 0 Å². The molecule has 4 nitrogen and oxygen atoms in total. The van der Waals surface area contributed by atoms with Crippen LogP contribution in [0.15, 0.2) is 66.9 Å². The normalized spacial score (nSPS) is 10.9. The fourth-order valence-electron chi connectivity index (χ4n) is 2.69. The number of nitrogens with zero attached hydrogens (tertiary/aromatic N) is 2. The Labute approximate surface area is 143 Å². The van der Waals surface area contributed by atoms with Gasteiger partial charge in [-0.25, -0.2) is 9.37 Å². The molecular weight excluding hydrogens is 317 g/mol. The lowest BCUT2D eigenvalue weighted by Crippen LogP contribution is -2.23. The quantitative estimate of drug-likeness (QED) is 0.580. The lowest BCUT2D eigenvalue weighted by Gasteiger charge is -2.07. The zero-order valence-corrected chi connectivity index (χ0v) is 13.2. The number of carbonyl (C=O) groups excluding carboxylic acids is 1. The summed E-state index contributed by atoms with van der Waals surface area (Å²) in [6.45, 7) is 0.318. The van der Waals surface area contributed by atoms with E-state index in [4.69, 9.17) is 0 Å². The van der Waals surface area contributed by atoms with Crippen LogP contribution in [-0.2, 0) is 6.54 Å². The van der Waals surface area contributed by atoms with Crippen molar-refractivity contribution in [2.24, 2.45) is 0 Å². The second kappa shape index (κ2) is 6.28. The number of benzene rings is 2. The van der Waals surface area contributed by atoms with Gasteiger partial charge in [-0.15, -0.1) is 0 Å². The zero-order valence-electron chi connectivity index (χ0n) is 13.2. The molecule has 1 N–H and O–H groups in total. The molecule has 2 heterocycles. The highest BCUT2D eigenvalue weighted by Gasteiger charge is 2.09. The average molecular weight is 331 g/mol. The standard InChI is InChI=1S/C20H14FN3O/c21-16-6-3-13(4-7-16)12-23-20(25)17-8-5-15-10-14-2-1-9-22-18(14)11-19(15)24-17/h1-11H,12H2,(H,23,25). The summed E-state index contributed by atoms with van der Waals surface area (Å²) < 4.78 is 12.9. The maximum Gasteiger partial charge on any atom is 0.270 e. The molecule has 122 valence electrons. The summed E-state index contributed by atoms with van der Waals surface area (Å²) in [7, 11) is 0. The fourth-order valence-corrected chi connectivity index (χ4v) is 2.69. The third-order valence-electron chi connectivity index (χ3n) is 4.01. The van der Waals surface area contributed by atoms with Gasteiger partial charge in [0.05, 0.1) is 11.0 Å². The average Bonchev–Trinajstić information content (AvgIpc) is 2.65. The first-order valence-corrected chi connectivity index (χ1v) is 7.87. The van der Waals surface area contributed by atoms with Gasteiger partial charge in [0.2, 0.25) is 0 Å². The SMILES string of the molecule is O=C(NCc1ccc(F)cc1)c1ccc2cc3cccnc3cc2n1. The second-order valence-electron chi connectivity index (χ2n) is 5.75. The molecule has 0 aliphatic heterocycles. The molecule has 0 saturated heterocycles. The molecule has 0 saturated carbocycles. The van der Waals surface area contributed by atoms with E-state index in [1.807, 2.05) is 30.3 Å². The third-order valence-corrected chi connectivity index (χ3v) is 4.01. The molecule has 0 unspecified atom stereocenters. The van der Waals surface area contributed by atoms with E-state index in [0.717, 1.165) is 27.4 Å². The van der Waals surface area contributed by atoms with Crippen LogP contribution < -0.4 is 5.32 Å². The highest BCUT2D eigenvalue weighted by Crippen LogP contribution is 2.20. The summed E-state index contributed by atoms with van der Waals surface area (Å²) in [5.41, 5.74) is 2.72. The van der Waals surface area contributed by atoms with Crippen molar-refractivity contribution in [3.63, 3.8) is 0 Å². The minimum absolute atomic E-state index is 0.271. The molecule has 4 aromatic rings. The largest absolute Gasteiger partial charge is 0.347 e. The first-order valence-electron chi connectivity index (χ1n) is 7.87. The van der Waals surface area contributed by atoms with E-state index in [2.05, 4.69) is 15.3 Å². The number of hydrogen-bond donors (Lipinski definition) is 1. The maximum atomic E-state index is 12.9. The molecule has 5 heteroatoms. The molecule has 4 rings (SSSR count). The maximum absolute atomic E-state index is 12.9. The van der Waals surface area contributed by atoms with Crippen LogP contribution in [0.1, 0.15) is 16.1 Å². The minimum atomic E-state index is -0.299. The lowest BCUT2D eigenvalue weighted by atomic mass is 10.1. The molecule has 25 heavy (non-hydrogen) atoms. The number of rotatable bonds is 3. The van der Waals surface area contributed by atoms with Crippen LogP contribution in [0.4, 0.5) is 4.39 Å². The molecule has 2 aromatic heterocycles. The van der Waals surface area contributed by atoms with Crippen LogP contribution in [0.2, 0.25) is 0 Å². The number of nitrogens with one attached hydrogen (secondary N) is 1. The third kappa shape index (κ3) is 3.17. The Kier molecular flexibility index (Phi) is 3.82. The van der Waals surface area contributed by atoms with E-state index in [-0.39, 0.29) is 11.7 Å². The first-order chi connectivity index (χ1) is 12.2. The summed E-state index contributed by atoms with van der Waals surface area (Å²) in [5.74, 6) is -0.570. The van der Waals surface area contributed by atoms with Gasteiger partial charge in [0.15, 0.2) is 0 Å². The molecule has 0 aliphatic rings. The highest BCUT2D eigenvalue weighted by molar-refractivity contribution is 5.98. The van der Waals surface area contributed by atoms with E-state index in [1.54, 1.807) is 24.4 Å². The summed E-state index contributed by atoms with van der Waals surface area (Å²) >= 11 is 0. The summed E-state index contributed by atoms with van der Waals surface area (Å²) in [6.07, 6.45) is 1.73. The first kappa shape index (κ1) is 15.2. The van der Waals surface area contributed by atoms with Crippen molar-refractivity contribution in [1.82, 2.24) is 15.3 Å². The van der Waals surface area contributed by atoms with Gasteiger partial charge in [0.25, 0.3) is 5.91 Å². The van der Waals surface area contributed by atoms with Gasteiger partial charge >= 0.3 is 0 Å². The zero-order chi connectivity index (χ0) is 17.2. The molecule has 1 amide bonds. The molecule has 0 bridgehead atoms. The number of fused-ring (bicyclic) bond motifs is 2. The van der Waals surface area contributed by atoms with Crippen molar-refractivity contribution < 1.29 is 9.18 Å². The van der Waals surface area contributed by atoms with Crippen molar-refractivity contribution in [2.45, 2.75) is 6.54 Å². The van der Waals surface area contributed by atoms with E-state index < -0.39 is 0 Å². The molecule has 0 spiro atoms. The van der Waals surface area contributed by atoms with Crippen LogP contribution in [0, 0.1) is 5.82 Å². The van der Waals surface area contributed by atoms with Crippen molar-refractivity contribution >= 4 is 27.7 Å². The number of aromatic nitrogens is 2. The highest BCUT2D eigenvalue weighted by atomic mass is 19.1. The predicted octanol–water partition coefficient (Wildman–Crippen LogP) is 3.85. The monoisotopic (exact) mass is 331 g/mol. The van der Waals surface area contributed by atoms with Gasteiger partial charge in [-0.1, -0.05) is 24.3 Å². The summed E-state index contributed by atoms with van der Waals surface area (Å²) in [5, 5.41) is 4.78. The topological polar surface area (TPSA) is 54.9 Å². The van der Waals surface area contributed by atoms with E-state index >= 15 is 0 Å². The summed E-state index contributed by atoms with van der Waals surface area (Å²) in [6, 6.07) is 17.4. The molecular formula is C20H14FN3O.